The molecule has 2 fully saturated rings. The Bertz CT molecular complexity index is 529. The van der Waals surface area contributed by atoms with Gasteiger partial charge < -0.3 is 10.2 Å². The van der Waals surface area contributed by atoms with E-state index in [1.807, 2.05) is 6.92 Å². The molecule has 1 N–H and O–H groups in total. The first kappa shape index (κ1) is 15.9. The van der Waals surface area contributed by atoms with Crippen molar-refractivity contribution in [1.82, 2.24) is 15.2 Å². The van der Waals surface area contributed by atoms with Gasteiger partial charge in [0.15, 0.2) is 0 Å². The summed E-state index contributed by atoms with van der Waals surface area (Å²) in [6.45, 7) is 7.78. The van der Waals surface area contributed by atoms with Crippen LogP contribution in [0.5, 0.6) is 0 Å². The van der Waals surface area contributed by atoms with Crippen LogP contribution < -0.4 is 10.2 Å². The molecule has 2 aliphatic rings. The highest BCUT2D eigenvalue weighted by Gasteiger charge is 2.34. The van der Waals surface area contributed by atoms with Gasteiger partial charge >= 0.3 is 0 Å². The summed E-state index contributed by atoms with van der Waals surface area (Å²) in [5, 5.41) is 3.49. The minimum absolute atomic E-state index is 0.146. The summed E-state index contributed by atoms with van der Waals surface area (Å²) in [6, 6.07) is 2.23. The minimum atomic E-state index is -2.59. The number of anilines is 1. The first-order chi connectivity index (χ1) is 10.6. The van der Waals surface area contributed by atoms with Crippen LogP contribution in [-0.2, 0) is 6.42 Å². The third kappa shape index (κ3) is 3.05. The van der Waals surface area contributed by atoms with Crippen molar-refractivity contribution in [2.24, 2.45) is 0 Å². The summed E-state index contributed by atoms with van der Waals surface area (Å²) in [6.07, 6.45) is -2.05. The maximum Gasteiger partial charge on any atom is 0.280 e. The van der Waals surface area contributed by atoms with Crippen LogP contribution in [0.15, 0.2) is 6.07 Å². The molecule has 0 unspecified atom stereocenters. The van der Waals surface area contributed by atoms with Gasteiger partial charge in [0.2, 0.25) is 0 Å². The monoisotopic (exact) mass is 330 g/mol. The first-order valence-corrected chi connectivity index (χ1v) is 8.15. The molecule has 7 heteroatoms. The van der Waals surface area contributed by atoms with Gasteiger partial charge in [-0.05, 0) is 12.5 Å². The van der Waals surface area contributed by atoms with Crippen molar-refractivity contribution in [2.75, 3.05) is 44.2 Å². The Morgan fingerprint density at radius 2 is 2.05 bits per heavy atom. The summed E-state index contributed by atoms with van der Waals surface area (Å²) < 4.78 is 26.3. The van der Waals surface area contributed by atoms with E-state index in [4.69, 9.17) is 11.6 Å². The lowest BCUT2D eigenvalue weighted by atomic mass is 10.0. The zero-order chi connectivity index (χ0) is 15.7. The first-order valence-electron chi connectivity index (χ1n) is 7.77. The number of halogens is 3. The second kappa shape index (κ2) is 6.64. The Morgan fingerprint density at radius 3 is 2.64 bits per heavy atom. The molecule has 0 saturated carbocycles. The normalized spacial score (nSPS) is 20.5. The van der Waals surface area contributed by atoms with E-state index in [1.165, 1.54) is 0 Å². The van der Waals surface area contributed by atoms with Crippen molar-refractivity contribution in [1.29, 1.82) is 0 Å². The third-order valence-corrected chi connectivity index (χ3v) is 4.73. The molecule has 0 aromatic carbocycles. The molecule has 0 radical (unpaired) electrons. The number of aromatic nitrogens is 1. The number of nitrogens with one attached hydrogen (secondary N) is 1. The van der Waals surface area contributed by atoms with Crippen LogP contribution in [0, 0.1) is 0 Å². The van der Waals surface area contributed by atoms with Gasteiger partial charge in [0.05, 0.1) is 0 Å². The highest BCUT2D eigenvalue weighted by atomic mass is 35.5. The number of piperazine rings is 1. The van der Waals surface area contributed by atoms with Gasteiger partial charge in [-0.1, -0.05) is 18.5 Å². The molecule has 2 aliphatic heterocycles. The number of rotatable bonds is 4. The molecule has 0 spiro atoms. The van der Waals surface area contributed by atoms with Gasteiger partial charge in [-0.15, -0.1) is 0 Å². The Morgan fingerprint density at radius 1 is 1.36 bits per heavy atom. The van der Waals surface area contributed by atoms with E-state index in [2.05, 4.69) is 20.1 Å². The van der Waals surface area contributed by atoms with E-state index in [0.29, 0.717) is 18.0 Å². The molecule has 3 rings (SSSR count). The van der Waals surface area contributed by atoms with Crippen molar-refractivity contribution < 1.29 is 8.78 Å². The summed E-state index contributed by atoms with van der Waals surface area (Å²) in [5.74, 6) is 0. The standard InChI is InChI=1S/C15H21ClF2N4/c1-2-11-12(7-13(16)20-14(11)15(17)18)22-8-10(9-22)21-5-3-19-4-6-21/h7,10,15,19H,2-6,8-9H2,1H3. The fourth-order valence-corrected chi connectivity index (χ4v) is 3.50. The van der Waals surface area contributed by atoms with Crippen LogP contribution in [0.2, 0.25) is 5.15 Å². The van der Waals surface area contributed by atoms with Crippen molar-refractivity contribution in [3.8, 4) is 0 Å². The minimum Gasteiger partial charge on any atom is -0.368 e. The largest absolute Gasteiger partial charge is 0.368 e. The number of hydrogen-bond acceptors (Lipinski definition) is 4. The van der Waals surface area contributed by atoms with Crippen LogP contribution in [0.3, 0.4) is 0 Å². The molecular formula is C15H21ClF2N4. The van der Waals surface area contributed by atoms with E-state index >= 15 is 0 Å². The molecule has 1 aromatic heterocycles. The average Bonchev–Trinajstić information content (AvgIpc) is 2.46. The number of nitrogens with zero attached hydrogens (tertiary/aromatic N) is 3. The number of pyridine rings is 1. The molecule has 0 amide bonds. The lowest BCUT2D eigenvalue weighted by molar-refractivity contribution is 0.143. The lowest BCUT2D eigenvalue weighted by Gasteiger charge is -2.48. The van der Waals surface area contributed by atoms with Crippen LogP contribution in [0.25, 0.3) is 0 Å². The maximum atomic E-state index is 13.2. The lowest BCUT2D eigenvalue weighted by Crippen LogP contribution is -2.63. The van der Waals surface area contributed by atoms with Gasteiger partial charge in [0, 0.05) is 56.6 Å². The fraction of sp³-hybridized carbons (Fsp3) is 0.667. The highest BCUT2D eigenvalue weighted by Crippen LogP contribution is 2.35. The zero-order valence-electron chi connectivity index (χ0n) is 12.7. The predicted molar refractivity (Wildman–Crippen MR) is 84.0 cm³/mol. The molecule has 3 heterocycles. The molecule has 1 aromatic rings. The van der Waals surface area contributed by atoms with Gasteiger partial charge in [-0.3, -0.25) is 4.90 Å². The molecule has 0 atom stereocenters. The van der Waals surface area contributed by atoms with Crippen LogP contribution >= 0.6 is 11.6 Å². The smallest absolute Gasteiger partial charge is 0.280 e. The molecule has 0 aliphatic carbocycles. The van der Waals surface area contributed by atoms with Crippen LogP contribution in [-0.4, -0.2) is 55.2 Å². The van der Waals surface area contributed by atoms with Crippen molar-refractivity contribution in [3.63, 3.8) is 0 Å². The molecule has 2 saturated heterocycles. The Hall–Kier alpha value is -0.980. The second-order valence-electron chi connectivity index (χ2n) is 5.83. The van der Waals surface area contributed by atoms with Crippen LogP contribution in [0.1, 0.15) is 24.6 Å². The van der Waals surface area contributed by atoms with Crippen LogP contribution in [0.4, 0.5) is 14.5 Å². The Labute approximate surface area is 134 Å². The predicted octanol–water partition coefficient (Wildman–Crippen LogP) is 2.33. The fourth-order valence-electron chi connectivity index (χ4n) is 3.30. The molecule has 122 valence electrons. The highest BCUT2D eigenvalue weighted by molar-refractivity contribution is 6.29. The third-order valence-electron chi connectivity index (χ3n) is 4.53. The van der Waals surface area contributed by atoms with E-state index in [-0.39, 0.29) is 10.8 Å². The van der Waals surface area contributed by atoms with Crippen molar-refractivity contribution in [2.45, 2.75) is 25.8 Å². The summed E-state index contributed by atoms with van der Waals surface area (Å²) in [4.78, 5) is 8.44. The second-order valence-corrected chi connectivity index (χ2v) is 6.21. The van der Waals surface area contributed by atoms with Gasteiger partial charge in [-0.2, -0.15) is 0 Å². The Balaban J connectivity index is 1.75. The molecule has 4 nitrogen and oxygen atoms in total. The zero-order valence-corrected chi connectivity index (χ0v) is 13.4. The summed E-state index contributed by atoms with van der Waals surface area (Å²) in [7, 11) is 0. The summed E-state index contributed by atoms with van der Waals surface area (Å²) in [5.41, 5.74) is 1.28. The van der Waals surface area contributed by atoms with E-state index in [1.54, 1.807) is 6.07 Å². The quantitative estimate of drug-likeness (QED) is 0.859. The van der Waals surface area contributed by atoms with E-state index < -0.39 is 6.43 Å². The topological polar surface area (TPSA) is 31.4 Å². The van der Waals surface area contributed by atoms with E-state index in [9.17, 15) is 8.78 Å². The van der Waals surface area contributed by atoms with E-state index in [0.717, 1.165) is 45.0 Å². The van der Waals surface area contributed by atoms with Gasteiger partial charge in [-0.25, -0.2) is 13.8 Å². The number of alkyl halides is 2. The SMILES string of the molecule is CCc1c(N2CC(N3CCNCC3)C2)cc(Cl)nc1C(F)F. The molecule has 22 heavy (non-hydrogen) atoms. The molecular weight excluding hydrogens is 310 g/mol. The number of hydrogen-bond donors (Lipinski definition) is 1. The van der Waals surface area contributed by atoms with Crippen molar-refractivity contribution in [3.05, 3.63) is 22.5 Å². The van der Waals surface area contributed by atoms with Crippen molar-refractivity contribution >= 4 is 17.3 Å². The maximum absolute atomic E-state index is 13.2. The summed E-state index contributed by atoms with van der Waals surface area (Å²) >= 11 is 5.94. The Kier molecular flexibility index (Phi) is 4.80. The van der Waals surface area contributed by atoms with Gasteiger partial charge in [0.1, 0.15) is 10.8 Å². The average molecular weight is 331 g/mol. The molecule has 0 bridgehead atoms. The van der Waals surface area contributed by atoms with Gasteiger partial charge in [0.25, 0.3) is 6.43 Å².